The minimum atomic E-state index is -0.580. The maximum Gasteiger partial charge on any atom is 0.136 e. The zero-order chi connectivity index (χ0) is 42.9. The average molecular weight is 814 g/mol. The lowest BCUT2D eigenvalue weighted by molar-refractivity contribution is 0.669. The smallest absolute Gasteiger partial charge is 0.136 e. The van der Waals surface area contributed by atoms with Crippen molar-refractivity contribution in [2.24, 2.45) is 5.73 Å². The minimum Gasteiger partial charge on any atom is -0.456 e. The molecule has 0 bridgehead atoms. The van der Waals surface area contributed by atoms with Crippen LogP contribution in [-0.4, -0.2) is 10.8 Å². The highest BCUT2D eigenvalue weighted by Crippen LogP contribution is 2.61. The van der Waals surface area contributed by atoms with Gasteiger partial charge in [0.05, 0.1) is 22.1 Å². The van der Waals surface area contributed by atoms with Crippen LogP contribution in [0.2, 0.25) is 0 Å². The molecule has 2 aromatic heterocycles. The molecule has 3 heterocycles. The molecule has 4 heteroatoms. The van der Waals surface area contributed by atoms with Crippen LogP contribution in [0.15, 0.2) is 216 Å². The Morgan fingerprint density at radius 1 is 0.587 bits per heavy atom. The maximum absolute atomic E-state index is 8.56. The second-order valence-corrected chi connectivity index (χ2v) is 16.1. The molecule has 12 rings (SSSR count). The van der Waals surface area contributed by atoms with Crippen LogP contribution in [0.5, 0.6) is 0 Å². The Kier molecular flexibility index (Phi) is 10.4. The molecule has 0 fully saturated rings. The highest BCUT2D eigenvalue weighted by atomic mass is 16.3. The lowest BCUT2D eigenvalue weighted by Gasteiger charge is -2.40. The summed E-state index contributed by atoms with van der Waals surface area (Å²) in [6.45, 7) is 4.82. The van der Waals surface area contributed by atoms with Crippen LogP contribution < -0.4 is 5.73 Å². The average Bonchev–Trinajstić information content (AvgIpc) is 3.98. The van der Waals surface area contributed by atoms with Gasteiger partial charge in [0.2, 0.25) is 0 Å². The van der Waals surface area contributed by atoms with Gasteiger partial charge in [0.15, 0.2) is 0 Å². The molecule has 1 aliphatic heterocycles. The van der Waals surface area contributed by atoms with Gasteiger partial charge in [-0.15, -0.1) is 0 Å². The summed E-state index contributed by atoms with van der Waals surface area (Å²) in [6.07, 6.45) is 10.4. The molecule has 0 radical (unpaired) electrons. The van der Waals surface area contributed by atoms with Gasteiger partial charge in [0.1, 0.15) is 11.2 Å². The molecule has 63 heavy (non-hydrogen) atoms. The number of rotatable bonds is 5. The number of nitrogens with one attached hydrogen (secondary N) is 1. The summed E-state index contributed by atoms with van der Waals surface area (Å²) >= 11 is 0. The first-order valence-electron chi connectivity index (χ1n) is 21.6. The number of nitrogens with two attached hydrogens (primary N) is 1. The zero-order valence-corrected chi connectivity index (χ0v) is 35.4. The van der Waals surface area contributed by atoms with Gasteiger partial charge in [-0.1, -0.05) is 188 Å². The van der Waals surface area contributed by atoms with E-state index >= 15 is 0 Å². The Morgan fingerprint density at radius 3 is 1.98 bits per heavy atom. The molecule has 0 saturated carbocycles. The number of hydrogen-bond acceptors (Lipinski definition) is 3. The van der Waals surface area contributed by atoms with E-state index in [9.17, 15) is 0 Å². The van der Waals surface area contributed by atoms with Crippen LogP contribution in [0.1, 0.15) is 51.4 Å². The second-order valence-electron chi connectivity index (χ2n) is 16.1. The van der Waals surface area contributed by atoms with Crippen molar-refractivity contribution in [3.63, 3.8) is 0 Å². The largest absolute Gasteiger partial charge is 0.456 e. The first-order chi connectivity index (χ1) is 31.1. The van der Waals surface area contributed by atoms with Crippen LogP contribution in [0.25, 0.3) is 61.1 Å². The monoisotopic (exact) mass is 813 g/mol. The van der Waals surface area contributed by atoms with Crippen LogP contribution in [-0.2, 0) is 12.0 Å². The molecule has 1 spiro atoms. The van der Waals surface area contributed by atoms with Crippen molar-refractivity contribution in [3.8, 4) is 5.69 Å². The van der Waals surface area contributed by atoms with E-state index in [0.29, 0.717) is 6.54 Å². The van der Waals surface area contributed by atoms with Crippen LogP contribution >= 0.6 is 0 Å². The Hall–Kier alpha value is -7.79. The number of benzene rings is 8. The second kappa shape index (κ2) is 16.6. The first kappa shape index (κ1) is 39.4. The number of hydrogen-bond donors (Lipinski definition) is 2. The zero-order valence-electron chi connectivity index (χ0n) is 35.4. The van der Waals surface area contributed by atoms with Crippen molar-refractivity contribution in [2.45, 2.75) is 25.8 Å². The number of para-hydroxylation sites is 4. The predicted molar refractivity (Wildman–Crippen MR) is 265 cm³/mol. The molecule has 0 saturated heterocycles. The molecule has 10 aromatic rings. The van der Waals surface area contributed by atoms with E-state index in [2.05, 4.69) is 170 Å². The number of nitrogens with zero attached hydrogens (tertiary/aromatic N) is 1. The van der Waals surface area contributed by atoms with Gasteiger partial charge in [-0.3, -0.25) is 0 Å². The SMILES string of the molecule is C\C=C/C1=C(\C=C\c2ccc3c(c2)oc2ccccc23)c2c(C=N)cccc2C12c1ccccc1-n1c3ccccc3c3cccc2c31.Cc1ccccc1.NCc1ccccc1. The van der Waals surface area contributed by atoms with E-state index in [0.717, 1.165) is 44.2 Å². The topological polar surface area (TPSA) is 67.9 Å². The first-order valence-corrected chi connectivity index (χ1v) is 21.6. The van der Waals surface area contributed by atoms with Crippen LogP contribution in [0, 0.1) is 12.3 Å². The van der Waals surface area contributed by atoms with E-state index in [4.69, 9.17) is 15.6 Å². The van der Waals surface area contributed by atoms with Crippen molar-refractivity contribution in [1.82, 2.24) is 4.57 Å². The van der Waals surface area contributed by atoms with Crippen LogP contribution in [0.4, 0.5) is 0 Å². The van der Waals surface area contributed by atoms with Crippen molar-refractivity contribution < 1.29 is 4.42 Å². The Balaban J connectivity index is 0.000000266. The molecule has 304 valence electrons. The summed E-state index contributed by atoms with van der Waals surface area (Å²) in [4.78, 5) is 0. The maximum atomic E-state index is 8.56. The summed E-state index contributed by atoms with van der Waals surface area (Å²) in [5.41, 5.74) is 21.9. The number of aryl methyl sites for hydroxylation is 1. The molecule has 1 unspecified atom stereocenters. The fraction of sp³-hybridized carbons (Fsp3) is 0.0678. The summed E-state index contributed by atoms with van der Waals surface area (Å²) < 4.78 is 8.71. The quantitative estimate of drug-likeness (QED) is 0.170. The lowest BCUT2D eigenvalue weighted by Crippen LogP contribution is -2.34. The minimum absolute atomic E-state index is 0.580. The fourth-order valence-electron chi connectivity index (χ4n) is 9.80. The van der Waals surface area contributed by atoms with Crippen molar-refractivity contribution in [1.29, 1.82) is 5.41 Å². The van der Waals surface area contributed by atoms with E-state index in [1.165, 1.54) is 67.1 Å². The number of furan rings is 1. The molecule has 4 nitrogen and oxygen atoms in total. The van der Waals surface area contributed by atoms with Gasteiger partial charge in [0.25, 0.3) is 0 Å². The number of fused-ring (bicyclic) bond motifs is 12. The molecule has 2 aliphatic rings. The molecule has 1 atom stereocenters. The third-order valence-corrected chi connectivity index (χ3v) is 12.5. The Labute approximate surface area is 368 Å². The van der Waals surface area contributed by atoms with Crippen molar-refractivity contribution in [2.75, 3.05) is 0 Å². The molecular formula is C59H47N3O. The Morgan fingerprint density at radius 2 is 1.24 bits per heavy atom. The highest BCUT2D eigenvalue weighted by molar-refractivity contribution is 6.13. The van der Waals surface area contributed by atoms with E-state index in [1.54, 1.807) is 0 Å². The molecule has 1 aliphatic carbocycles. The Bertz CT molecular complexity index is 3420. The van der Waals surface area contributed by atoms with Gasteiger partial charge in [-0.05, 0) is 88.7 Å². The molecular weight excluding hydrogens is 767 g/mol. The fourth-order valence-corrected chi connectivity index (χ4v) is 9.80. The van der Waals surface area contributed by atoms with E-state index in [-0.39, 0.29) is 0 Å². The summed E-state index contributed by atoms with van der Waals surface area (Å²) in [5.74, 6) is 0. The van der Waals surface area contributed by atoms with Crippen LogP contribution in [0.3, 0.4) is 0 Å². The van der Waals surface area contributed by atoms with Crippen molar-refractivity contribution >= 4 is 61.6 Å². The predicted octanol–water partition coefficient (Wildman–Crippen LogP) is 14.5. The van der Waals surface area contributed by atoms with Crippen molar-refractivity contribution in [3.05, 3.63) is 256 Å². The number of allylic oxidation sites excluding steroid dienone is 5. The standard InChI is InChI=1S/C45H30N2O.C7H9N.C7H8/c1-2-11-35-34(25-23-28-22-24-32-31-14-4-8-21-41(31)48-42(32)26-28)43-29(27-46)12-9-17-37(43)45(35)36-16-5-7-20-40(36)47-39-19-6-3-13-30(39)33-15-10-18-38(45)44(33)47;8-6-7-4-2-1-3-5-7;1-7-5-3-2-4-6-7/h2-27,46H,1H3;1-5H,6,8H2;2-6H,1H3/b11-2-,25-23+,46-27?;;. The van der Waals surface area contributed by atoms with E-state index < -0.39 is 5.41 Å². The summed E-state index contributed by atoms with van der Waals surface area (Å²) in [5, 5.41) is 13.3. The third-order valence-electron chi connectivity index (χ3n) is 12.5. The summed E-state index contributed by atoms with van der Waals surface area (Å²) in [7, 11) is 0. The van der Waals surface area contributed by atoms with Gasteiger partial charge < -0.3 is 20.1 Å². The molecule has 3 N–H and O–H groups in total. The normalized spacial score (nSPS) is 14.9. The van der Waals surface area contributed by atoms with Gasteiger partial charge in [-0.25, -0.2) is 0 Å². The number of aromatic nitrogens is 1. The van der Waals surface area contributed by atoms with Gasteiger partial charge in [0, 0.05) is 39.9 Å². The van der Waals surface area contributed by atoms with E-state index in [1.807, 2.05) is 60.7 Å². The third kappa shape index (κ3) is 6.55. The lowest BCUT2D eigenvalue weighted by atomic mass is 9.64. The summed E-state index contributed by atoms with van der Waals surface area (Å²) in [6, 6.07) is 65.8. The van der Waals surface area contributed by atoms with Gasteiger partial charge >= 0.3 is 0 Å². The molecule has 0 amide bonds. The molecule has 8 aromatic carbocycles. The van der Waals surface area contributed by atoms with Gasteiger partial charge in [-0.2, -0.15) is 0 Å². The highest BCUT2D eigenvalue weighted by Gasteiger charge is 2.51.